The fraction of sp³-hybridized carbons (Fsp3) is 0.444. The number of carbonyl (C=O) groups is 16. The minimum atomic E-state index is -2.48. The number of nitrogens with zero attached hydrogens (tertiary/aromatic N) is 3. The van der Waals surface area contributed by atoms with Crippen LogP contribution in [0.15, 0.2) is 73.4 Å². The Morgan fingerprint density at radius 1 is 0.495 bits per heavy atom. The van der Waals surface area contributed by atoms with Gasteiger partial charge in [-0.15, -0.1) is 0 Å². The molecule has 5 aromatic rings. The number of hydrogen-bond donors (Lipinski definition) is 21. The molecule has 2 saturated heterocycles. The second kappa shape index (κ2) is 36.5. The van der Waals surface area contributed by atoms with Crippen LogP contribution >= 0.6 is 25.3 Å². The minimum absolute atomic E-state index is 0.00969. The Kier molecular flexibility index (Phi) is 28.0. The van der Waals surface area contributed by atoms with Crippen molar-refractivity contribution in [1.29, 1.82) is 0 Å². The molecule has 2 fully saturated rings. The first-order valence-corrected chi connectivity index (χ1v) is 33.3. The van der Waals surface area contributed by atoms with E-state index in [0.29, 0.717) is 22.0 Å². The van der Waals surface area contributed by atoms with Crippen LogP contribution in [0.3, 0.4) is 0 Å². The number of aliphatic hydroxyl groups excluding tert-OH is 1. The second-order valence-electron chi connectivity index (χ2n) is 24.4. The third-order valence-corrected chi connectivity index (χ3v) is 18.0. The van der Waals surface area contributed by atoms with Crippen molar-refractivity contribution in [2.45, 2.75) is 131 Å². The first-order chi connectivity index (χ1) is 48.9. The molecule has 0 saturated carbocycles. The van der Waals surface area contributed by atoms with Crippen molar-refractivity contribution < 1.29 is 107 Å². The molecule has 0 spiro atoms. The normalized spacial score (nSPS) is 16.9. The number of carboxylic acids is 5. The highest BCUT2D eigenvalue weighted by Crippen LogP contribution is 2.26. The standard InChI is InChI=1S/C63H78N16O22S2/c64-35(20-48(65)81)49(82)70-40(18-33(59(92)93)60(94)95)52(85)75-43(24-80)54(87)71-41(19-34(61(96)97)62(98)99)53(86)76-44(25-102)58(91)79-14-6-12-47(79)56(89)72-38(15-28-21-67-36-9-3-1-7-31(28)36)50(83)74-42(17-30-23-66-27-69-30)57(90)78-13-5-11-46(78)55(88)73-39(51(84)77-45(26-103)63(100)101)16-29-22-68-37-10-4-2-8-32(29)37/h1-4,7-10,21-23,27,33-35,38-47,67-68,80,102-103H,5-6,11-20,24-26,64H2,(H2,65,81)(H,66,69)(H,70,82)(H,71,87)(H,72,89)(H,73,88)(H,74,83)(H,75,85)(H,76,86)(H,77,84)(H,92,93)(H,94,95)(H,96,97)(H,98,99)(H,100,101)/t35-,38+,39-,40-,41-,42-,43-,44-,45-,46-,47-/m0/s1. The summed E-state index contributed by atoms with van der Waals surface area (Å²) in [5.41, 5.74) is 13.5. The molecule has 103 heavy (non-hydrogen) atoms. The SMILES string of the molecule is NC(=O)C[C@H](N)C(=O)N[C@@H](CC(C(=O)O)C(=O)O)C(=O)N[C@@H](CO)C(=O)N[C@@H](CC(C(=O)O)C(=O)O)C(=O)N[C@@H](CS)C(=O)N1CCC[C@H]1C(=O)N[C@H](Cc1c[nH]c2ccccc12)C(=O)N[C@@H](Cc1c[nH]cn1)C(=O)N1CCC[C@H]1C(=O)N[C@@H](Cc1c[nH]c2ccccc12)C(=O)N[C@@H](CS)C(=O)O. The Labute approximate surface area is 594 Å². The van der Waals surface area contributed by atoms with Crippen molar-refractivity contribution >= 4 is 142 Å². The maximum absolute atomic E-state index is 15.1. The van der Waals surface area contributed by atoms with Gasteiger partial charge < -0.3 is 109 Å². The summed E-state index contributed by atoms with van der Waals surface area (Å²) >= 11 is 8.31. The van der Waals surface area contributed by atoms with Crippen LogP contribution in [0.1, 0.15) is 61.8 Å². The topological polar surface area (TPSA) is 610 Å². The van der Waals surface area contributed by atoms with Crippen LogP contribution < -0.4 is 54.0 Å². The fourth-order valence-electron chi connectivity index (χ4n) is 11.9. The molecule has 0 aliphatic carbocycles. The van der Waals surface area contributed by atoms with E-state index in [9.17, 15) is 97.8 Å². The Balaban J connectivity index is 1.11. The molecule has 38 nitrogen and oxygen atoms in total. The van der Waals surface area contributed by atoms with E-state index in [1.54, 1.807) is 60.9 Å². The van der Waals surface area contributed by atoms with Crippen molar-refractivity contribution in [2.75, 3.05) is 31.2 Å². The molecule has 40 heteroatoms. The number of aliphatic hydroxyl groups is 1. The van der Waals surface area contributed by atoms with E-state index in [4.69, 9.17) is 11.5 Å². The van der Waals surface area contributed by atoms with Gasteiger partial charge in [0.15, 0.2) is 11.8 Å². The summed E-state index contributed by atoms with van der Waals surface area (Å²) in [6.45, 7) is -1.59. The highest BCUT2D eigenvalue weighted by Gasteiger charge is 2.44. The molecule has 0 bridgehead atoms. The monoisotopic (exact) mass is 1470 g/mol. The second-order valence-corrected chi connectivity index (χ2v) is 25.1. The molecule has 554 valence electrons. The van der Waals surface area contributed by atoms with Gasteiger partial charge in [0.2, 0.25) is 65.0 Å². The van der Waals surface area contributed by atoms with Crippen molar-refractivity contribution in [3.05, 3.63) is 90.3 Å². The van der Waals surface area contributed by atoms with Gasteiger partial charge in [-0.1, -0.05) is 36.4 Å². The molecule has 5 heterocycles. The number of H-pyrrole nitrogens is 3. The van der Waals surface area contributed by atoms with Crippen molar-refractivity contribution in [3.63, 3.8) is 0 Å². The summed E-state index contributed by atoms with van der Waals surface area (Å²) in [7, 11) is 0. The van der Waals surface area contributed by atoms with Gasteiger partial charge in [0.25, 0.3) is 0 Å². The summed E-state index contributed by atoms with van der Waals surface area (Å²) in [6, 6.07) is -4.74. The first-order valence-electron chi connectivity index (χ1n) is 32.1. The van der Waals surface area contributed by atoms with Crippen molar-refractivity contribution in [2.24, 2.45) is 23.3 Å². The highest BCUT2D eigenvalue weighted by atomic mass is 32.1. The number of aromatic amines is 3. The van der Waals surface area contributed by atoms with Gasteiger partial charge >= 0.3 is 29.8 Å². The quantitative estimate of drug-likeness (QED) is 0.0130. The minimum Gasteiger partial charge on any atom is -0.481 e. The lowest BCUT2D eigenvalue weighted by Gasteiger charge is -2.32. The number of likely N-dealkylation sites (tertiary alicyclic amines) is 2. The van der Waals surface area contributed by atoms with Crippen LogP contribution in [0.25, 0.3) is 21.8 Å². The summed E-state index contributed by atoms with van der Waals surface area (Å²) in [5, 5.41) is 79.0. The summed E-state index contributed by atoms with van der Waals surface area (Å²) in [6.07, 6.45) is 2.46. The maximum Gasteiger partial charge on any atom is 0.327 e. The predicted molar refractivity (Wildman–Crippen MR) is 362 cm³/mol. The van der Waals surface area contributed by atoms with E-state index < -0.39 is 205 Å². The van der Waals surface area contributed by atoms with Crippen LogP contribution in [-0.4, -0.2) is 253 Å². The van der Waals surface area contributed by atoms with E-state index >= 15 is 9.59 Å². The maximum atomic E-state index is 15.1. The number of hydrogen-bond acceptors (Lipinski definition) is 21. The number of aromatic nitrogens is 4. The van der Waals surface area contributed by atoms with Gasteiger partial charge in [-0.05, 0) is 48.9 Å². The molecule has 2 aromatic carbocycles. The first kappa shape index (κ1) is 79.2. The number of benzene rings is 2. The average Bonchev–Trinajstić information content (AvgIpc) is 1.71. The Hall–Kier alpha value is -11.1. The third-order valence-electron chi connectivity index (χ3n) is 17.3. The number of rotatable bonds is 38. The zero-order valence-corrected chi connectivity index (χ0v) is 56.4. The molecule has 3 aromatic heterocycles. The molecule has 11 atom stereocenters. The number of aliphatic carboxylic acids is 5. The number of primary amides is 1. The molecule has 2 aliphatic rings. The van der Waals surface area contributed by atoms with Crippen molar-refractivity contribution in [3.8, 4) is 0 Å². The average molecular weight is 1480 g/mol. The van der Waals surface area contributed by atoms with Crippen molar-refractivity contribution in [1.82, 2.24) is 72.3 Å². The van der Waals surface area contributed by atoms with Crippen LogP contribution in [0.4, 0.5) is 0 Å². The van der Waals surface area contributed by atoms with E-state index in [2.05, 4.69) is 71.8 Å². The number of thiol groups is 2. The summed E-state index contributed by atoms with van der Waals surface area (Å²) in [4.78, 5) is 230. The van der Waals surface area contributed by atoms with Crippen LogP contribution in [0.2, 0.25) is 0 Å². The Morgan fingerprint density at radius 2 is 0.893 bits per heavy atom. The molecule has 11 amide bonds. The Bertz CT molecular complexity index is 3990. The van der Waals surface area contributed by atoms with E-state index in [1.807, 2.05) is 16.0 Å². The fourth-order valence-corrected chi connectivity index (χ4v) is 12.4. The highest BCUT2D eigenvalue weighted by molar-refractivity contribution is 7.80. The number of carboxylic acid groups (broad SMARTS) is 5. The lowest BCUT2D eigenvalue weighted by atomic mass is 9.98. The molecule has 7 rings (SSSR count). The van der Waals surface area contributed by atoms with Gasteiger partial charge in [-0.3, -0.25) is 71.9 Å². The van der Waals surface area contributed by atoms with Gasteiger partial charge in [0.1, 0.15) is 60.4 Å². The third kappa shape index (κ3) is 20.8. The van der Waals surface area contributed by atoms with E-state index in [0.717, 1.165) is 15.8 Å². The lowest BCUT2D eigenvalue weighted by Crippen LogP contribution is -2.61. The number of nitrogens with one attached hydrogen (secondary N) is 11. The molecule has 0 unspecified atom stereocenters. The van der Waals surface area contributed by atoms with Gasteiger partial charge in [-0.25, -0.2) is 9.78 Å². The summed E-state index contributed by atoms with van der Waals surface area (Å²) in [5.74, 6) is -27.6. The Morgan fingerprint density at radius 3 is 1.31 bits per heavy atom. The van der Waals surface area contributed by atoms with Crippen LogP contribution in [0.5, 0.6) is 0 Å². The zero-order valence-electron chi connectivity index (χ0n) is 54.6. The van der Waals surface area contributed by atoms with Gasteiger partial charge in [0.05, 0.1) is 31.1 Å². The number of imidazole rings is 1. The number of carbonyl (C=O) groups excluding carboxylic acids is 11. The molecular formula is C63H78N16O22S2. The zero-order chi connectivity index (χ0) is 75.5. The smallest absolute Gasteiger partial charge is 0.327 e. The number of amides is 11. The predicted octanol–water partition coefficient (Wildman–Crippen LogP) is -5.25. The number of fused-ring (bicyclic) bond motifs is 2. The van der Waals surface area contributed by atoms with Gasteiger partial charge in [0, 0.05) is 97.1 Å². The number of para-hydroxylation sites is 2. The summed E-state index contributed by atoms with van der Waals surface area (Å²) < 4.78 is 0. The lowest BCUT2D eigenvalue weighted by molar-refractivity contribution is -0.157. The van der Waals surface area contributed by atoms with Gasteiger partial charge in [-0.2, -0.15) is 25.3 Å². The largest absolute Gasteiger partial charge is 0.481 e. The molecule has 0 radical (unpaired) electrons. The molecule has 21 N–H and O–H groups in total. The molecular weight excluding hydrogens is 1400 g/mol. The van der Waals surface area contributed by atoms with Crippen LogP contribution in [0, 0.1) is 11.8 Å². The van der Waals surface area contributed by atoms with E-state index in [-0.39, 0.29) is 69.5 Å². The number of nitrogens with two attached hydrogens (primary N) is 2. The van der Waals surface area contributed by atoms with E-state index in [1.165, 1.54) is 17.4 Å². The molecule has 2 aliphatic heterocycles. The van der Waals surface area contributed by atoms with Crippen LogP contribution in [-0.2, 0) is 96.0 Å².